The van der Waals surface area contributed by atoms with Gasteiger partial charge in [-0.2, -0.15) is 9.97 Å². The largest absolute Gasteiger partial charge is 0.309 e. The highest BCUT2D eigenvalue weighted by atomic mass is 15.2. The van der Waals surface area contributed by atoms with Crippen molar-refractivity contribution in [3.05, 3.63) is 176 Å². The molecule has 234 valence electrons. The first-order valence-electron chi connectivity index (χ1n) is 18.9. The smallest absolute Gasteiger partial charge is 0.238 e. The van der Waals surface area contributed by atoms with E-state index in [1.165, 1.54) is 0 Å². The Kier molecular flexibility index (Phi) is 5.35. The minimum atomic E-state index is -0.435. The van der Waals surface area contributed by atoms with Crippen LogP contribution in [0.25, 0.3) is 89.2 Å². The number of rotatable bonds is 5. The van der Waals surface area contributed by atoms with Gasteiger partial charge in [-0.25, -0.2) is 4.98 Å². The molecule has 0 bridgehead atoms. The molecule has 0 saturated carbocycles. The van der Waals surface area contributed by atoms with Gasteiger partial charge in [0.25, 0.3) is 0 Å². The van der Waals surface area contributed by atoms with Gasteiger partial charge in [-0.15, -0.1) is 0 Å². The molecule has 0 unspecified atom stereocenters. The molecular weight excluding hydrogens is 611 g/mol. The molecule has 0 amide bonds. The van der Waals surface area contributed by atoms with Crippen LogP contribution in [-0.4, -0.2) is 24.1 Å². The van der Waals surface area contributed by atoms with Crippen LogP contribution in [0.2, 0.25) is 0 Å². The average Bonchev–Trinajstić information content (AvgIpc) is 3.76. The van der Waals surface area contributed by atoms with Crippen molar-refractivity contribution in [3.63, 3.8) is 0 Å². The molecule has 5 heteroatoms. The first-order valence-corrected chi connectivity index (χ1v) is 16.4. The van der Waals surface area contributed by atoms with Crippen LogP contribution >= 0.6 is 0 Å². The highest BCUT2D eigenvalue weighted by Gasteiger charge is 2.23. The van der Waals surface area contributed by atoms with Gasteiger partial charge < -0.3 is 4.57 Å². The van der Waals surface area contributed by atoms with E-state index >= 15 is 0 Å². The summed E-state index contributed by atoms with van der Waals surface area (Å²) in [5.74, 6) is 1.45. The Hall–Kier alpha value is -6.85. The summed E-state index contributed by atoms with van der Waals surface area (Å²) in [4.78, 5) is 15.6. The monoisotopic (exact) mass is 644 g/mol. The maximum absolute atomic E-state index is 8.95. The van der Waals surface area contributed by atoms with Crippen molar-refractivity contribution in [1.82, 2.24) is 24.1 Å². The highest BCUT2D eigenvalue weighted by Crippen LogP contribution is 2.42. The SMILES string of the molecule is [2H]c1c([2H])c([2H])c(-n2c3ccccc3c3c2ccc2c4ccccc4n(-c4nc(-c5ccccc5)nc(-c5ccccc5-c5ccccc5)n4)c23)c([2H])c1[2H]. The van der Waals surface area contributed by atoms with Gasteiger partial charge >= 0.3 is 0 Å². The zero-order valence-electron chi connectivity index (χ0n) is 31.6. The quantitative estimate of drug-likeness (QED) is 0.187. The second-order valence-electron chi connectivity index (χ2n) is 12.1. The Bertz CT molecular complexity index is 3130. The van der Waals surface area contributed by atoms with Crippen molar-refractivity contribution in [2.24, 2.45) is 0 Å². The van der Waals surface area contributed by atoms with Gasteiger partial charge in [0.05, 0.1) is 28.9 Å². The number of nitrogens with zero attached hydrogens (tertiary/aromatic N) is 5. The number of hydrogen-bond donors (Lipinski definition) is 0. The minimum absolute atomic E-state index is 0.0885. The second-order valence-corrected chi connectivity index (χ2v) is 12.1. The lowest BCUT2D eigenvalue weighted by Gasteiger charge is -2.13. The normalized spacial score (nSPS) is 13.0. The van der Waals surface area contributed by atoms with Crippen LogP contribution in [0.5, 0.6) is 0 Å². The molecule has 0 aliphatic rings. The van der Waals surface area contributed by atoms with Crippen LogP contribution < -0.4 is 0 Å². The van der Waals surface area contributed by atoms with Crippen molar-refractivity contribution >= 4 is 43.6 Å². The van der Waals surface area contributed by atoms with Crippen LogP contribution in [0.4, 0.5) is 0 Å². The van der Waals surface area contributed by atoms with E-state index < -0.39 is 6.04 Å². The lowest BCUT2D eigenvalue weighted by Crippen LogP contribution is -2.07. The molecule has 0 saturated heterocycles. The Morgan fingerprint density at radius 2 is 1.02 bits per heavy atom. The summed E-state index contributed by atoms with van der Waals surface area (Å²) < 4.78 is 47.1. The molecule has 3 aromatic heterocycles. The zero-order valence-corrected chi connectivity index (χ0v) is 26.6. The van der Waals surface area contributed by atoms with Crippen LogP contribution in [0.15, 0.2) is 176 Å². The van der Waals surface area contributed by atoms with Crippen LogP contribution in [0, 0.1) is 0 Å². The number of hydrogen-bond acceptors (Lipinski definition) is 3. The molecule has 0 radical (unpaired) electrons. The van der Waals surface area contributed by atoms with Gasteiger partial charge in [-0.05, 0) is 41.4 Å². The zero-order chi connectivity index (χ0) is 37.4. The molecule has 50 heavy (non-hydrogen) atoms. The van der Waals surface area contributed by atoms with Gasteiger partial charge in [0.2, 0.25) is 5.95 Å². The van der Waals surface area contributed by atoms with Gasteiger partial charge in [-0.1, -0.05) is 146 Å². The Labute approximate surface area is 295 Å². The average molecular weight is 645 g/mol. The highest BCUT2D eigenvalue weighted by molar-refractivity contribution is 6.26. The molecule has 5 nitrogen and oxygen atoms in total. The molecule has 0 aliphatic carbocycles. The third-order valence-electron chi connectivity index (χ3n) is 9.29. The van der Waals surface area contributed by atoms with E-state index in [0.29, 0.717) is 28.6 Å². The Morgan fingerprint density at radius 3 is 1.78 bits per heavy atom. The predicted molar refractivity (Wildman–Crippen MR) is 205 cm³/mol. The van der Waals surface area contributed by atoms with Gasteiger partial charge in [0.15, 0.2) is 11.6 Å². The number of aromatic nitrogens is 5. The number of para-hydroxylation sites is 3. The van der Waals surface area contributed by atoms with Crippen molar-refractivity contribution in [3.8, 4) is 45.5 Å². The van der Waals surface area contributed by atoms with Crippen molar-refractivity contribution in [2.75, 3.05) is 0 Å². The lowest BCUT2D eigenvalue weighted by atomic mass is 9.99. The van der Waals surface area contributed by atoms with E-state index in [0.717, 1.165) is 54.8 Å². The standard InChI is InChI=1S/C45H29N5/c1-4-16-30(17-5-1)33-22-10-11-24-36(33)44-46-43(31-18-6-2-7-19-31)47-45(48-44)50-38-26-14-12-23-34(38)35-28-29-40-41(42(35)50)37-25-13-15-27-39(37)49(40)32-20-8-3-9-21-32/h1-29H/i3D,8D,9D,20D,21D. The fourth-order valence-electron chi connectivity index (χ4n) is 7.16. The fraction of sp³-hybridized carbons (Fsp3) is 0. The second kappa shape index (κ2) is 11.4. The molecule has 0 spiro atoms. The van der Waals surface area contributed by atoms with Gasteiger partial charge in [0.1, 0.15) is 0 Å². The van der Waals surface area contributed by atoms with Gasteiger partial charge in [0, 0.05) is 38.4 Å². The van der Waals surface area contributed by atoms with Crippen LogP contribution in [-0.2, 0) is 0 Å². The molecule has 10 aromatic rings. The fourth-order valence-corrected chi connectivity index (χ4v) is 7.16. The summed E-state index contributed by atoms with van der Waals surface area (Å²) in [6, 6.07) is 46.3. The van der Waals surface area contributed by atoms with E-state index in [1.807, 2.05) is 115 Å². The first kappa shape index (κ1) is 23.5. The lowest BCUT2D eigenvalue weighted by molar-refractivity contribution is 0.955. The van der Waals surface area contributed by atoms with Crippen molar-refractivity contribution in [1.29, 1.82) is 0 Å². The molecule has 10 rings (SSSR count). The summed E-state index contributed by atoms with van der Waals surface area (Å²) in [5.41, 5.74) is 6.93. The van der Waals surface area contributed by atoms with E-state index in [-0.39, 0.29) is 29.9 Å². The molecular formula is C45H29N5. The maximum atomic E-state index is 8.95. The van der Waals surface area contributed by atoms with Crippen molar-refractivity contribution in [2.45, 2.75) is 0 Å². The summed E-state index contributed by atoms with van der Waals surface area (Å²) >= 11 is 0. The molecule has 7 aromatic carbocycles. The minimum Gasteiger partial charge on any atom is -0.309 e. The topological polar surface area (TPSA) is 48.5 Å². The molecule has 0 fully saturated rings. The van der Waals surface area contributed by atoms with E-state index in [1.54, 1.807) is 4.57 Å². The van der Waals surface area contributed by atoms with E-state index in [4.69, 9.17) is 21.8 Å². The van der Waals surface area contributed by atoms with E-state index in [2.05, 4.69) is 34.9 Å². The third kappa shape index (κ3) is 4.37. The summed E-state index contributed by atoms with van der Waals surface area (Å²) in [6.07, 6.45) is 0. The molecule has 0 aliphatic heterocycles. The van der Waals surface area contributed by atoms with E-state index in [9.17, 15) is 0 Å². The molecule has 0 atom stereocenters. The third-order valence-corrected chi connectivity index (χ3v) is 9.29. The van der Waals surface area contributed by atoms with Crippen LogP contribution in [0.1, 0.15) is 6.85 Å². The Balaban J connectivity index is 1.36. The van der Waals surface area contributed by atoms with Crippen molar-refractivity contribution < 1.29 is 6.85 Å². The number of fused-ring (bicyclic) bond motifs is 7. The van der Waals surface area contributed by atoms with Crippen LogP contribution in [0.3, 0.4) is 0 Å². The molecule has 3 heterocycles. The number of benzene rings is 7. The maximum Gasteiger partial charge on any atom is 0.238 e. The summed E-state index contributed by atoms with van der Waals surface area (Å²) in [6.45, 7) is 0. The molecule has 0 N–H and O–H groups in total. The van der Waals surface area contributed by atoms with Gasteiger partial charge in [-0.3, -0.25) is 4.57 Å². The predicted octanol–water partition coefficient (Wildman–Crippen LogP) is 11.1. The Morgan fingerprint density at radius 1 is 0.420 bits per heavy atom. The summed E-state index contributed by atoms with van der Waals surface area (Å²) in [7, 11) is 0. The summed E-state index contributed by atoms with van der Waals surface area (Å²) in [5, 5.41) is 3.64. The first-order chi connectivity index (χ1) is 26.9.